The third kappa shape index (κ3) is 5.11. The molecule has 1 amide bonds. The predicted molar refractivity (Wildman–Crippen MR) is 122 cm³/mol. The molecule has 0 saturated carbocycles. The van der Waals surface area contributed by atoms with E-state index in [1.54, 1.807) is 67.3 Å². The van der Waals surface area contributed by atoms with Crippen molar-refractivity contribution in [1.29, 1.82) is 0 Å². The number of hydrogen-bond acceptors (Lipinski definition) is 4. The lowest BCUT2D eigenvalue weighted by molar-refractivity contribution is 0.102. The first-order valence-corrected chi connectivity index (χ1v) is 12.0. The van der Waals surface area contributed by atoms with Gasteiger partial charge in [0.15, 0.2) is 0 Å². The fraction of sp³-hybridized carbons (Fsp3) is 0.174. The summed E-state index contributed by atoms with van der Waals surface area (Å²) in [6.07, 6.45) is 1.96. The maximum atomic E-state index is 12.7. The zero-order valence-electron chi connectivity index (χ0n) is 17.1. The van der Waals surface area contributed by atoms with Crippen LogP contribution in [0.4, 0.5) is 5.69 Å². The average molecular weight is 441 g/mol. The van der Waals surface area contributed by atoms with Crippen molar-refractivity contribution in [2.24, 2.45) is 0 Å². The number of rotatable bonds is 7. The second kappa shape index (κ2) is 9.47. The number of carbonyl (C=O) groups excluding carboxylic acids is 1. The Kier molecular flexibility index (Phi) is 6.97. The number of amides is 1. The van der Waals surface area contributed by atoms with Gasteiger partial charge < -0.3 is 5.32 Å². The highest BCUT2D eigenvalue weighted by atomic mass is 32.2. The van der Waals surface area contributed by atoms with Crippen molar-refractivity contribution in [2.75, 3.05) is 18.6 Å². The number of sulfonamides is 1. The summed E-state index contributed by atoms with van der Waals surface area (Å²) in [6, 6.07) is 21.4. The van der Waals surface area contributed by atoms with Gasteiger partial charge in [-0.1, -0.05) is 42.0 Å². The third-order valence-corrected chi connectivity index (χ3v) is 7.32. The second-order valence-corrected chi connectivity index (χ2v) is 9.82. The number of benzene rings is 3. The zero-order valence-corrected chi connectivity index (χ0v) is 18.8. The van der Waals surface area contributed by atoms with Crippen LogP contribution in [0.25, 0.3) is 0 Å². The quantitative estimate of drug-likeness (QED) is 0.537. The summed E-state index contributed by atoms with van der Waals surface area (Å²) in [4.78, 5) is 13.8. The van der Waals surface area contributed by atoms with Crippen molar-refractivity contribution in [2.45, 2.75) is 23.3 Å². The molecule has 156 valence electrons. The van der Waals surface area contributed by atoms with Crippen LogP contribution in [0.5, 0.6) is 0 Å². The fourth-order valence-corrected chi connectivity index (χ4v) is 4.65. The topological polar surface area (TPSA) is 66.5 Å². The van der Waals surface area contributed by atoms with Crippen molar-refractivity contribution < 1.29 is 13.2 Å². The number of nitrogens with one attached hydrogen (secondary N) is 1. The van der Waals surface area contributed by atoms with E-state index in [0.29, 0.717) is 5.56 Å². The van der Waals surface area contributed by atoms with Crippen LogP contribution in [0.2, 0.25) is 0 Å². The van der Waals surface area contributed by atoms with E-state index in [4.69, 9.17) is 0 Å². The van der Waals surface area contributed by atoms with Crippen molar-refractivity contribution >= 4 is 33.4 Å². The lowest BCUT2D eigenvalue weighted by Crippen LogP contribution is -2.26. The van der Waals surface area contributed by atoms with E-state index in [2.05, 4.69) is 5.32 Å². The molecule has 30 heavy (non-hydrogen) atoms. The van der Waals surface area contributed by atoms with Crippen LogP contribution in [0.15, 0.2) is 82.6 Å². The molecule has 0 unspecified atom stereocenters. The molecule has 7 heteroatoms. The molecular formula is C23H24N2O3S2. The summed E-state index contributed by atoms with van der Waals surface area (Å²) in [5.74, 6) is -0.205. The van der Waals surface area contributed by atoms with Gasteiger partial charge in [-0.25, -0.2) is 8.42 Å². The number of thioether (sulfide) groups is 1. The summed E-state index contributed by atoms with van der Waals surface area (Å²) < 4.78 is 26.8. The molecule has 1 N–H and O–H groups in total. The van der Waals surface area contributed by atoms with E-state index < -0.39 is 10.0 Å². The molecule has 0 aliphatic rings. The first kappa shape index (κ1) is 22.1. The Morgan fingerprint density at radius 2 is 1.60 bits per heavy atom. The third-order valence-electron chi connectivity index (χ3n) is 4.71. The largest absolute Gasteiger partial charge is 0.321 e. The minimum absolute atomic E-state index is 0.205. The predicted octanol–water partition coefficient (Wildman–Crippen LogP) is 4.79. The van der Waals surface area contributed by atoms with Gasteiger partial charge in [0.25, 0.3) is 5.91 Å². The summed E-state index contributed by atoms with van der Waals surface area (Å²) in [5.41, 5.74) is 3.08. The number of para-hydroxylation sites is 1. The molecule has 0 saturated heterocycles. The van der Waals surface area contributed by atoms with E-state index >= 15 is 0 Å². The van der Waals surface area contributed by atoms with Crippen LogP contribution in [0, 0.1) is 6.92 Å². The first-order chi connectivity index (χ1) is 14.3. The molecule has 0 aliphatic heterocycles. The molecular weight excluding hydrogens is 416 g/mol. The Morgan fingerprint density at radius 1 is 0.967 bits per heavy atom. The molecule has 3 aromatic carbocycles. The molecule has 0 heterocycles. The van der Waals surface area contributed by atoms with Gasteiger partial charge >= 0.3 is 0 Å². The van der Waals surface area contributed by atoms with E-state index in [0.717, 1.165) is 21.7 Å². The van der Waals surface area contributed by atoms with Crippen molar-refractivity contribution in [1.82, 2.24) is 4.31 Å². The van der Waals surface area contributed by atoms with E-state index in [-0.39, 0.29) is 17.3 Å². The van der Waals surface area contributed by atoms with Gasteiger partial charge in [-0.15, -0.1) is 11.8 Å². The van der Waals surface area contributed by atoms with Gasteiger partial charge in [-0.3, -0.25) is 4.79 Å². The Bertz CT molecular complexity index is 1130. The van der Waals surface area contributed by atoms with Crippen molar-refractivity contribution in [3.63, 3.8) is 0 Å². The van der Waals surface area contributed by atoms with E-state index in [1.165, 1.54) is 4.31 Å². The Hall–Kier alpha value is -2.61. The molecule has 5 nitrogen and oxygen atoms in total. The summed E-state index contributed by atoms with van der Waals surface area (Å²) in [6.45, 7) is 2.13. The summed E-state index contributed by atoms with van der Waals surface area (Å²) >= 11 is 1.57. The minimum atomic E-state index is -3.58. The zero-order chi connectivity index (χ0) is 21.7. The maximum absolute atomic E-state index is 12.7. The fourth-order valence-electron chi connectivity index (χ4n) is 2.94. The van der Waals surface area contributed by atoms with Crippen LogP contribution in [-0.4, -0.2) is 31.9 Å². The number of anilines is 1. The Balaban J connectivity index is 1.69. The summed E-state index contributed by atoms with van der Waals surface area (Å²) in [7, 11) is -2.03. The van der Waals surface area contributed by atoms with E-state index in [9.17, 15) is 13.2 Å². The lowest BCUT2D eigenvalue weighted by atomic mass is 10.1. The van der Waals surface area contributed by atoms with Gasteiger partial charge in [-0.05, 0) is 55.1 Å². The Morgan fingerprint density at radius 3 is 2.23 bits per heavy atom. The van der Waals surface area contributed by atoms with Gasteiger partial charge in [-0.2, -0.15) is 4.31 Å². The normalized spacial score (nSPS) is 11.5. The van der Waals surface area contributed by atoms with Crippen LogP contribution >= 0.6 is 11.8 Å². The van der Waals surface area contributed by atoms with Crippen LogP contribution in [-0.2, 0) is 16.6 Å². The molecule has 0 radical (unpaired) electrons. The first-order valence-electron chi connectivity index (χ1n) is 9.37. The van der Waals surface area contributed by atoms with Crippen molar-refractivity contribution in [3.8, 4) is 0 Å². The van der Waals surface area contributed by atoms with Gasteiger partial charge in [0, 0.05) is 24.1 Å². The summed E-state index contributed by atoms with van der Waals surface area (Å²) in [5, 5.41) is 2.92. The maximum Gasteiger partial charge on any atom is 0.255 e. The molecule has 0 aliphatic carbocycles. The average Bonchev–Trinajstić information content (AvgIpc) is 2.75. The van der Waals surface area contributed by atoms with Crippen LogP contribution in [0.1, 0.15) is 21.5 Å². The van der Waals surface area contributed by atoms with Gasteiger partial charge in [0.1, 0.15) is 0 Å². The lowest BCUT2D eigenvalue weighted by Gasteiger charge is -2.17. The standard InChI is InChI=1S/C23H24N2O3S2/c1-17-8-14-20(15-9-17)30(27,28)25(2)16-18-10-12-19(13-11-18)23(26)24-21-6-4-5-7-22(21)29-3/h4-15H,16H2,1-3H3,(H,24,26). The molecule has 0 fully saturated rings. The highest BCUT2D eigenvalue weighted by molar-refractivity contribution is 7.98. The Labute approximate surface area is 182 Å². The van der Waals surface area contributed by atoms with Gasteiger partial charge in [0.05, 0.1) is 10.6 Å². The second-order valence-electron chi connectivity index (χ2n) is 6.93. The smallest absolute Gasteiger partial charge is 0.255 e. The number of hydrogen-bond donors (Lipinski definition) is 1. The molecule has 0 aromatic heterocycles. The van der Waals surface area contributed by atoms with Crippen molar-refractivity contribution in [3.05, 3.63) is 89.5 Å². The monoisotopic (exact) mass is 440 g/mol. The molecule has 0 bridgehead atoms. The van der Waals surface area contributed by atoms with Crippen LogP contribution < -0.4 is 5.32 Å². The number of carbonyl (C=O) groups is 1. The number of aryl methyl sites for hydroxylation is 1. The highest BCUT2D eigenvalue weighted by Crippen LogP contribution is 2.25. The molecule has 0 atom stereocenters. The van der Waals surface area contributed by atoms with E-state index in [1.807, 2.05) is 37.4 Å². The minimum Gasteiger partial charge on any atom is -0.321 e. The van der Waals surface area contributed by atoms with Gasteiger partial charge in [0.2, 0.25) is 10.0 Å². The SMILES string of the molecule is CSc1ccccc1NC(=O)c1ccc(CN(C)S(=O)(=O)c2ccc(C)cc2)cc1. The number of nitrogens with zero attached hydrogens (tertiary/aromatic N) is 1. The highest BCUT2D eigenvalue weighted by Gasteiger charge is 2.20. The van der Waals surface area contributed by atoms with Crippen LogP contribution in [0.3, 0.4) is 0 Å². The molecule has 3 aromatic rings. The molecule has 3 rings (SSSR count). The molecule has 0 spiro atoms.